The van der Waals surface area contributed by atoms with Crippen molar-refractivity contribution in [2.75, 3.05) is 25.9 Å². The van der Waals surface area contributed by atoms with E-state index in [9.17, 15) is 31.5 Å². The van der Waals surface area contributed by atoms with E-state index in [1.807, 2.05) is 13.0 Å². The number of aromatic amines is 1. The zero-order valence-electron chi connectivity index (χ0n) is 22.0. The lowest BCUT2D eigenvalue weighted by molar-refractivity contribution is -0.138. The van der Waals surface area contributed by atoms with Gasteiger partial charge in [-0.2, -0.15) is 23.5 Å². The summed E-state index contributed by atoms with van der Waals surface area (Å²) < 4.78 is 69.2. The molecule has 3 rings (SSSR count). The third-order valence-corrected chi connectivity index (χ3v) is 5.24. The summed E-state index contributed by atoms with van der Waals surface area (Å²) in [7, 11) is 1.73. The van der Waals surface area contributed by atoms with Crippen LogP contribution in [0.1, 0.15) is 41.3 Å². The Morgan fingerprint density at radius 2 is 1.90 bits per heavy atom. The Bertz CT molecular complexity index is 1440. The van der Waals surface area contributed by atoms with Gasteiger partial charge in [-0.25, -0.2) is 23.8 Å². The van der Waals surface area contributed by atoms with Crippen molar-refractivity contribution in [2.45, 2.75) is 32.1 Å². The summed E-state index contributed by atoms with van der Waals surface area (Å²) >= 11 is 0. The second kappa shape index (κ2) is 15.1. The number of nitrogen functional groups attached to an aromatic ring is 1. The first-order valence-electron chi connectivity index (χ1n) is 11.9. The van der Waals surface area contributed by atoms with Crippen molar-refractivity contribution in [1.82, 2.24) is 25.1 Å². The number of halogens is 5. The van der Waals surface area contributed by atoms with E-state index in [0.717, 1.165) is 18.7 Å². The number of hydrogen-bond donors (Lipinski definition) is 2. The van der Waals surface area contributed by atoms with Crippen LogP contribution in [0.4, 0.5) is 27.6 Å². The SMILES string of the molecule is CCCC(F)CN(C)/C=C\c1cc(-c2ncc(OCC#N)cn2)c(F)cc1C=O.Nc1cn[nH]c(=O)c1C(F)(F)F. The molecule has 2 heterocycles. The van der Waals surface area contributed by atoms with Gasteiger partial charge in [0.15, 0.2) is 24.5 Å². The van der Waals surface area contributed by atoms with E-state index >= 15 is 0 Å². The summed E-state index contributed by atoms with van der Waals surface area (Å²) in [5.41, 5.74) is 2.23. The number of nitrogens with zero attached hydrogens (tertiary/aromatic N) is 5. The summed E-state index contributed by atoms with van der Waals surface area (Å²) in [5, 5.41) is 13.3. The molecular formula is C26H26F5N7O3. The van der Waals surface area contributed by atoms with Crippen LogP contribution in [0.3, 0.4) is 0 Å². The maximum Gasteiger partial charge on any atom is 0.423 e. The van der Waals surface area contributed by atoms with Gasteiger partial charge in [0.05, 0.1) is 29.8 Å². The van der Waals surface area contributed by atoms with Crippen LogP contribution in [0.15, 0.2) is 41.7 Å². The standard InChI is InChI=1S/C21H22F2N4O2.C5H4F3N3O/c1-3-4-17(22)13-27(2)7-5-15-9-19(20(23)10-16(15)14-28)21-25-11-18(12-26-21)29-8-6-24;6-5(7,8)3-2(9)1-10-11-4(3)12/h5,7,9-12,14,17H,3-4,8,13H2,1-2H3;1H,(H3,9,11,12)/b7-5-;. The number of aldehydes is 1. The van der Waals surface area contributed by atoms with Crippen molar-refractivity contribution in [3.8, 4) is 23.2 Å². The summed E-state index contributed by atoms with van der Waals surface area (Å²) in [5.74, 6) is -0.246. The molecule has 0 amide bonds. The summed E-state index contributed by atoms with van der Waals surface area (Å²) in [6, 6.07) is 4.40. The Morgan fingerprint density at radius 3 is 2.44 bits per heavy atom. The number of nitriles is 1. The fraction of sp³-hybridized carbons (Fsp3) is 0.308. The number of ether oxygens (including phenoxy) is 1. The highest BCUT2D eigenvalue weighted by Gasteiger charge is 2.36. The highest BCUT2D eigenvalue weighted by molar-refractivity contribution is 5.84. The average molecular weight is 580 g/mol. The largest absolute Gasteiger partial charge is 0.476 e. The third kappa shape index (κ3) is 9.67. The number of aromatic nitrogens is 4. The molecule has 3 aromatic rings. The molecule has 3 N–H and O–H groups in total. The lowest BCUT2D eigenvalue weighted by Gasteiger charge is -2.17. The number of benzene rings is 1. The van der Waals surface area contributed by atoms with Crippen molar-refractivity contribution in [3.05, 3.63) is 69.8 Å². The van der Waals surface area contributed by atoms with Gasteiger partial charge in [0, 0.05) is 19.2 Å². The van der Waals surface area contributed by atoms with E-state index in [-0.39, 0.29) is 35.9 Å². The fourth-order valence-electron chi connectivity index (χ4n) is 3.36. The Kier molecular flexibility index (Phi) is 11.9. The van der Waals surface area contributed by atoms with Crippen molar-refractivity contribution in [3.63, 3.8) is 0 Å². The summed E-state index contributed by atoms with van der Waals surface area (Å²) in [6.07, 6.45) is 2.79. The Morgan fingerprint density at radius 1 is 1.22 bits per heavy atom. The van der Waals surface area contributed by atoms with Gasteiger partial charge >= 0.3 is 6.18 Å². The quantitative estimate of drug-likeness (QED) is 0.263. The summed E-state index contributed by atoms with van der Waals surface area (Å²) in [6.45, 7) is 2.00. The van der Waals surface area contributed by atoms with Gasteiger partial charge in [0.1, 0.15) is 23.6 Å². The van der Waals surface area contributed by atoms with Crippen molar-refractivity contribution >= 4 is 18.0 Å². The number of H-pyrrole nitrogens is 1. The fourth-order valence-corrected chi connectivity index (χ4v) is 3.36. The molecular weight excluding hydrogens is 553 g/mol. The number of nitrogens with one attached hydrogen (secondary N) is 1. The number of rotatable bonds is 10. The molecule has 0 saturated carbocycles. The molecule has 1 unspecified atom stereocenters. The zero-order chi connectivity index (χ0) is 30.6. The molecule has 10 nitrogen and oxygen atoms in total. The Labute approximate surface area is 231 Å². The Balaban J connectivity index is 0.000000408. The van der Waals surface area contributed by atoms with Gasteiger partial charge in [0.25, 0.3) is 5.56 Å². The predicted molar refractivity (Wildman–Crippen MR) is 140 cm³/mol. The lowest BCUT2D eigenvalue weighted by Crippen LogP contribution is -2.24. The molecule has 0 aliphatic heterocycles. The zero-order valence-corrected chi connectivity index (χ0v) is 22.0. The van der Waals surface area contributed by atoms with Crippen LogP contribution in [0.25, 0.3) is 17.5 Å². The highest BCUT2D eigenvalue weighted by atomic mass is 19.4. The van der Waals surface area contributed by atoms with Gasteiger partial charge in [-0.15, -0.1) is 0 Å². The van der Waals surface area contributed by atoms with E-state index in [1.54, 1.807) is 29.3 Å². The molecule has 0 saturated heterocycles. The molecule has 0 aliphatic carbocycles. The maximum absolute atomic E-state index is 14.5. The highest BCUT2D eigenvalue weighted by Crippen LogP contribution is 2.29. The van der Waals surface area contributed by atoms with Gasteiger partial charge in [0.2, 0.25) is 0 Å². The van der Waals surface area contributed by atoms with Crippen LogP contribution >= 0.6 is 0 Å². The third-order valence-electron chi connectivity index (χ3n) is 5.24. The van der Waals surface area contributed by atoms with E-state index in [4.69, 9.17) is 15.7 Å². The smallest absolute Gasteiger partial charge is 0.423 e. The van der Waals surface area contributed by atoms with Crippen LogP contribution in [-0.4, -0.2) is 57.7 Å². The van der Waals surface area contributed by atoms with Gasteiger partial charge in [-0.1, -0.05) is 13.3 Å². The molecule has 218 valence electrons. The molecule has 0 spiro atoms. The monoisotopic (exact) mass is 579 g/mol. The molecule has 15 heteroatoms. The normalized spacial score (nSPS) is 11.8. The maximum atomic E-state index is 14.5. The van der Waals surface area contributed by atoms with Crippen molar-refractivity contribution in [2.24, 2.45) is 0 Å². The first-order chi connectivity index (χ1) is 19.4. The van der Waals surface area contributed by atoms with Gasteiger partial charge in [-0.3, -0.25) is 9.59 Å². The average Bonchev–Trinajstić information content (AvgIpc) is 2.91. The van der Waals surface area contributed by atoms with E-state index in [1.165, 1.54) is 18.5 Å². The molecule has 1 atom stereocenters. The second-order valence-corrected chi connectivity index (χ2v) is 8.44. The summed E-state index contributed by atoms with van der Waals surface area (Å²) in [4.78, 5) is 31.7. The predicted octanol–water partition coefficient (Wildman–Crippen LogP) is 4.41. The topological polar surface area (TPSA) is 151 Å². The van der Waals surface area contributed by atoms with E-state index in [0.29, 0.717) is 18.3 Å². The first-order valence-corrected chi connectivity index (χ1v) is 11.9. The lowest BCUT2D eigenvalue weighted by atomic mass is 10.0. The molecule has 0 aliphatic rings. The number of carbonyl (C=O) groups excluding carboxylic acids is 1. The minimum absolute atomic E-state index is 0.110. The molecule has 41 heavy (non-hydrogen) atoms. The van der Waals surface area contributed by atoms with Crippen LogP contribution in [-0.2, 0) is 6.18 Å². The van der Waals surface area contributed by atoms with Crippen LogP contribution in [0.5, 0.6) is 5.75 Å². The van der Waals surface area contributed by atoms with Crippen LogP contribution in [0.2, 0.25) is 0 Å². The molecule has 0 fully saturated rings. The van der Waals surface area contributed by atoms with Crippen LogP contribution < -0.4 is 16.0 Å². The number of hydrogen-bond acceptors (Lipinski definition) is 9. The number of nitrogens with two attached hydrogens (primary N) is 1. The first kappa shape index (κ1) is 32.3. The Hall–Kier alpha value is -4.87. The van der Waals surface area contributed by atoms with Crippen LogP contribution in [0, 0.1) is 17.1 Å². The van der Waals surface area contributed by atoms with Gasteiger partial charge < -0.3 is 15.4 Å². The molecule has 1 aromatic carbocycles. The molecule has 2 aromatic heterocycles. The second-order valence-electron chi connectivity index (χ2n) is 8.44. The minimum Gasteiger partial charge on any atom is -0.476 e. The van der Waals surface area contributed by atoms with E-state index < -0.39 is 35.0 Å². The molecule has 0 bridgehead atoms. The van der Waals surface area contributed by atoms with E-state index in [2.05, 4.69) is 15.1 Å². The number of carbonyl (C=O) groups is 1. The number of anilines is 1. The number of alkyl halides is 4. The van der Waals surface area contributed by atoms with Crippen molar-refractivity contribution < 1.29 is 31.5 Å². The van der Waals surface area contributed by atoms with Crippen molar-refractivity contribution in [1.29, 1.82) is 5.26 Å². The minimum atomic E-state index is -4.74. The molecule has 0 radical (unpaired) electrons. The van der Waals surface area contributed by atoms with Gasteiger partial charge in [-0.05, 0) is 36.4 Å².